The fraction of sp³-hybridized carbons (Fsp3) is 0.368. The largest absolute Gasteiger partial charge is 0.496 e. The molecule has 0 saturated heterocycles. The van der Waals surface area contributed by atoms with Crippen molar-refractivity contribution in [1.29, 1.82) is 0 Å². The molecular formula is C19H20O4. The van der Waals surface area contributed by atoms with E-state index in [0.717, 1.165) is 16.3 Å². The van der Waals surface area contributed by atoms with Crippen molar-refractivity contribution >= 4 is 22.5 Å². The third-order valence-electron chi connectivity index (χ3n) is 5.00. The van der Waals surface area contributed by atoms with Crippen molar-refractivity contribution in [2.75, 3.05) is 14.2 Å². The molecule has 3 rings (SSSR count). The molecule has 0 amide bonds. The minimum Gasteiger partial charge on any atom is -0.496 e. The second kappa shape index (κ2) is 5.69. The molecular weight excluding hydrogens is 292 g/mol. The Balaban J connectivity index is 2.26. The van der Waals surface area contributed by atoms with Gasteiger partial charge in [0.1, 0.15) is 11.2 Å². The number of benzene rings is 2. The van der Waals surface area contributed by atoms with Crippen molar-refractivity contribution in [1.82, 2.24) is 0 Å². The highest BCUT2D eigenvalue weighted by Gasteiger charge is 2.48. The quantitative estimate of drug-likeness (QED) is 0.642. The molecule has 0 heterocycles. The van der Waals surface area contributed by atoms with Crippen molar-refractivity contribution in [2.45, 2.75) is 26.2 Å². The predicted molar refractivity (Wildman–Crippen MR) is 87.9 cm³/mol. The van der Waals surface area contributed by atoms with Crippen LogP contribution in [0.3, 0.4) is 0 Å². The minimum atomic E-state index is -1.07. The maximum absolute atomic E-state index is 13.1. The van der Waals surface area contributed by atoms with E-state index in [1.54, 1.807) is 13.2 Å². The van der Waals surface area contributed by atoms with Crippen molar-refractivity contribution < 1.29 is 19.1 Å². The second-order valence-corrected chi connectivity index (χ2v) is 5.91. The molecule has 0 aliphatic heterocycles. The van der Waals surface area contributed by atoms with Gasteiger partial charge in [-0.05, 0) is 36.3 Å². The number of hydrogen-bond donors (Lipinski definition) is 0. The fourth-order valence-corrected chi connectivity index (χ4v) is 3.62. The Labute approximate surface area is 135 Å². The van der Waals surface area contributed by atoms with Crippen LogP contribution in [-0.2, 0) is 16.0 Å². The summed E-state index contributed by atoms with van der Waals surface area (Å²) in [6.45, 7) is 1.86. The van der Waals surface area contributed by atoms with E-state index in [1.165, 1.54) is 7.11 Å². The topological polar surface area (TPSA) is 52.6 Å². The Morgan fingerprint density at radius 2 is 1.91 bits per heavy atom. The van der Waals surface area contributed by atoms with Crippen LogP contribution in [0.4, 0.5) is 0 Å². The van der Waals surface area contributed by atoms with E-state index >= 15 is 0 Å². The zero-order chi connectivity index (χ0) is 16.6. The molecule has 0 unspecified atom stereocenters. The number of ether oxygens (including phenoxy) is 2. The van der Waals surface area contributed by atoms with Gasteiger partial charge in [0.15, 0.2) is 5.78 Å². The van der Waals surface area contributed by atoms with Crippen LogP contribution in [0.2, 0.25) is 0 Å². The number of hydrogen-bond acceptors (Lipinski definition) is 4. The SMILES string of the molecule is CC[C@]1(C(=O)OC)CCc2c(cc(OC)c3ccccc23)C1=O. The molecule has 0 fully saturated rings. The van der Waals surface area contributed by atoms with Gasteiger partial charge in [0.05, 0.1) is 14.2 Å². The van der Waals surface area contributed by atoms with E-state index in [2.05, 4.69) is 0 Å². The molecule has 1 aliphatic carbocycles. The first-order valence-corrected chi connectivity index (χ1v) is 7.81. The van der Waals surface area contributed by atoms with Gasteiger partial charge < -0.3 is 9.47 Å². The summed E-state index contributed by atoms with van der Waals surface area (Å²) in [6, 6.07) is 9.66. The average molecular weight is 312 g/mol. The van der Waals surface area contributed by atoms with E-state index in [9.17, 15) is 9.59 Å². The van der Waals surface area contributed by atoms with Gasteiger partial charge in [-0.15, -0.1) is 0 Å². The smallest absolute Gasteiger partial charge is 0.319 e. The Bertz CT molecular complexity index is 793. The first-order valence-electron chi connectivity index (χ1n) is 7.81. The number of carbonyl (C=O) groups excluding carboxylic acids is 2. The maximum atomic E-state index is 13.1. The third-order valence-corrected chi connectivity index (χ3v) is 5.00. The van der Waals surface area contributed by atoms with Gasteiger partial charge in [-0.3, -0.25) is 9.59 Å². The minimum absolute atomic E-state index is 0.155. The number of Topliss-reactive ketones (excluding diaryl/α,β-unsaturated/α-hetero) is 1. The fourth-order valence-electron chi connectivity index (χ4n) is 3.62. The zero-order valence-corrected chi connectivity index (χ0v) is 13.6. The normalized spacial score (nSPS) is 20.2. The van der Waals surface area contributed by atoms with E-state index in [1.807, 2.05) is 31.2 Å². The summed E-state index contributed by atoms with van der Waals surface area (Å²) >= 11 is 0. The molecule has 0 aromatic heterocycles. The van der Waals surface area contributed by atoms with Gasteiger partial charge in [-0.25, -0.2) is 0 Å². The molecule has 4 nitrogen and oxygen atoms in total. The van der Waals surface area contributed by atoms with Gasteiger partial charge >= 0.3 is 5.97 Å². The standard InChI is InChI=1S/C19H20O4/c1-4-19(18(21)23-3)10-9-13-12-7-5-6-8-14(12)16(22-2)11-15(13)17(19)20/h5-8,11H,4,9-10H2,1-3H3/t19-/m0/s1. The van der Waals surface area contributed by atoms with E-state index in [-0.39, 0.29) is 5.78 Å². The number of fused-ring (bicyclic) bond motifs is 3. The Morgan fingerprint density at radius 1 is 1.22 bits per heavy atom. The number of aryl methyl sites for hydroxylation is 1. The molecule has 1 atom stereocenters. The summed E-state index contributed by atoms with van der Waals surface area (Å²) in [6.07, 6.45) is 1.60. The molecule has 23 heavy (non-hydrogen) atoms. The van der Waals surface area contributed by atoms with Crippen LogP contribution in [0.5, 0.6) is 5.75 Å². The van der Waals surface area contributed by atoms with Crippen LogP contribution < -0.4 is 4.74 Å². The van der Waals surface area contributed by atoms with Crippen LogP contribution >= 0.6 is 0 Å². The average Bonchev–Trinajstić information content (AvgIpc) is 2.61. The second-order valence-electron chi connectivity index (χ2n) is 5.91. The highest BCUT2D eigenvalue weighted by molar-refractivity contribution is 6.16. The van der Waals surface area contributed by atoms with E-state index in [4.69, 9.17) is 9.47 Å². The van der Waals surface area contributed by atoms with Crippen molar-refractivity contribution in [3.8, 4) is 5.75 Å². The number of methoxy groups -OCH3 is 2. The van der Waals surface area contributed by atoms with Gasteiger partial charge in [0, 0.05) is 10.9 Å². The molecule has 120 valence electrons. The lowest BCUT2D eigenvalue weighted by Gasteiger charge is -2.34. The molecule has 2 aromatic rings. The van der Waals surface area contributed by atoms with E-state index in [0.29, 0.717) is 30.6 Å². The Morgan fingerprint density at radius 3 is 2.52 bits per heavy atom. The van der Waals surface area contributed by atoms with Crippen LogP contribution in [0.25, 0.3) is 10.8 Å². The summed E-state index contributed by atoms with van der Waals surface area (Å²) in [5, 5.41) is 2.01. The molecule has 0 radical (unpaired) electrons. The monoisotopic (exact) mass is 312 g/mol. The molecule has 0 N–H and O–H groups in total. The summed E-state index contributed by atoms with van der Waals surface area (Å²) in [5.74, 6) is 0.0596. The first-order chi connectivity index (χ1) is 11.1. The van der Waals surface area contributed by atoms with Gasteiger partial charge in [0.25, 0.3) is 0 Å². The summed E-state index contributed by atoms with van der Waals surface area (Å²) in [7, 11) is 2.93. The molecule has 2 aromatic carbocycles. The number of ketones is 1. The number of esters is 1. The molecule has 0 spiro atoms. The van der Waals surface area contributed by atoms with Crippen molar-refractivity contribution in [2.24, 2.45) is 5.41 Å². The number of rotatable bonds is 3. The lowest BCUT2D eigenvalue weighted by Crippen LogP contribution is -2.43. The predicted octanol–water partition coefficient (Wildman–Crippen LogP) is 3.55. The van der Waals surface area contributed by atoms with Crippen molar-refractivity contribution in [3.63, 3.8) is 0 Å². The van der Waals surface area contributed by atoms with Gasteiger partial charge in [0.2, 0.25) is 0 Å². The number of carbonyl (C=O) groups is 2. The molecule has 4 heteroatoms. The van der Waals surface area contributed by atoms with Crippen molar-refractivity contribution in [3.05, 3.63) is 41.5 Å². The highest BCUT2D eigenvalue weighted by atomic mass is 16.5. The maximum Gasteiger partial charge on any atom is 0.319 e. The lowest BCUT2D eigenvalue weighted by molar-refractivity contribution is -0.150. The Kier molecular flexibility index (Phi) is 3.84. The zero-order valence-electron chi connectivity index (χ0n) is 13.6. The highest BCUT2D eigenvalue weighted by Crippen LogP contribution is 2.43. The third kappa shape index (κ3) is 2.12. The lowest BCUT2D eigenvalue weighted by atomic mass is 9.68. The van der Waals surface area contributed by atoms with Gasteiger partial charge in [-0.1, -0.05) is 31.2 Å². The van der Waals surface area contributed by atoms with Crippen LogP contribution in [0, 0.1) is 5.41 Å². The van der Waals surface area contributed by atoms with Crippen LogP contribution in [0.1, 0.15) is 35.7 Å². The van der Waals surface area contributed by atoms with Crippen LogP contribution in [-0.4, -0.2) is 26.0 Å². The molecule has 1 aliphatic rings. The first kappa shape index (κ1) is 15.5. The summed E-state index contributed by atoms with van der Waals surface area (Å²) < 4.78 is 10.4. The molecule has 0 bridgehead atoms. The molecule has 0 saturated carbocycles. The summed E-state index contributed by atoms with van der Waals surface area (Å²) in [4.78, 5) is 25.4. The van der Waals surface area contributed by atoms with Crippen LogP contribution in [0.15, 0.2) is 30.3 Å². The van der Waals surface area contributed by atoms with E-state index < -0.39 is 11.4 Å². The Hall–Kier alpha value is -2.36. The summed E-state index contributed by atoms with van der Waals surface area (Å²) in [5.41, 5.74) is 0.508. The van der Waals surface area contributed by atoms with Gasteiger partial charge in [-0.2, -0.15) is 0 Å².